The molecule has 0 N–H and O–H groups in total. The summed E-state index contributed by atoms with van der Waals surface area (Å²) < 4.78 is 58.3. The van der Waals surface area contributed by atoms with Crippen LogP contribution in [0.25, 0.3) is 0 Å². The highest BCUT2D eigenvalue weighted by Crippen LogP contribution is 2.44. The van der Waals surface area contributed by atoms with Crippen molar-refractivity contribution in [1.82, 2.24) is 0 Å². The Kier molecular flexibility index (Phi) is 4.00. The standard InChI is InChI=1S/C4Cl3F5O2/c5-1(13)2(8,9)14-3(6,7)4(10,11)12. The van der Waals surface area contributed by atoms with Crippen LogP contribution in [0, 0.1) is 0 Å². The van der Waals surface area contributed by atoms with E-state index in [2.05, 4.69) is 39.5 Å². The van der Waals surface area contributed by atoms with Gasteiger partial charge in [-0.2, -0.15) is 22.0 Å². The van der Waals surface area contributed by atoms with Crippen LogP contribution in [-0.4, -0.2) is 22.0 Å². The summed E-state index contributed by atoms with van der Waals surface area (Å²) in [5, 5.41) is -2.47. The van der Waals surface area contributed by atoms with Gasteiger partial charge in [-0.05, 0) is 11.6 Å². The maximum Gasteiger partial charge on any atom is 0.447 e. The van der Waals surface area contributed by atoms with Gasteiger partial charge in [0.1, 0.15) is 0 Å². The lowest BCUT2D eigenvalue weighted by atomic mass is 10.6. The molecule has 0 heterocycles. The number of carbonyl (C=O) groups is 1. The Bertz CT molecular complexity index is 238. The third-order valence-corrected chi connectivity index (χ3v) is 1.62. The maximum atomic E-state index is 12.2. The van der Waals surface area contributed by atoms with Gasteiger partial charge in [0, 0.05) is 0 Å². The van der Waals surface area contributed by atoms with Crippen molar-refractivity contribution in [2.24, 2.45) is 0 Å². The van der Waals surface area contributed by atoms with Crippen LogP contribution in [0.4, 0.5) is 22.0 Å². The molecule has 0 spiro atoms. The van der Waals surface area contributed by atoms with E-state index in [1.165, 1.54) is 0 Å². The van der Waals surface area contributed by atoms with Crippen LogP contribution in [0.2, 0.25) is 0 Å². The van der Waals surface area contributed by atoms with Crippen LogP contribution in [0.15, 0.2) is 0 Å². The highest BCUT2D eigenvalue weighted by molar-refractivity contribution is 6.65. The molecule has 10 heteroatoms. The molecule has 0 rings (SSSR count). The SMILES string of the molecule is O=C(Cl)C(F)(F)OC(Cl)(Cl)C(F)(F)F. The Hall–Kier alpha value is 0.150. The van der Waals surface area contributed by atoms with Crippen molar-refractivity contribution in [2.45, 2.75) is 16.8 Å². The Morgan fingerprint density at radius 2 is 1.43 bits per heavy atom. The van der Waals surface area contributed by atoms with E-state index in [1.54, 1.807) is 0 Å². The van der Waals surface area contributed by atoms with Gasteiger partial charge in [-0.15, -0.1) is 0 Å². The smallest absolute Gasteiger partial charge is 0.271 e. The highest BCUT2D eigenvalue weighted by Gasteiger charge is 2.61. The van der Waals surface area contributed by atoms with E-state index in [0.29, 0.717) is 0 Å². The molecule has 0 aliphatic heterocycles. The van der Waals surface area contributed by atoms with Gasteiger partial charge in [0.15, 0.2) is 0 Å². The van der Waals surface area contributed by atoms with Gasteiger partial charge < -0.3 is 0 Å². The molecule has 0 saturated carbocycles. The zero-order valence-electron chi connectivity index (χ0n) is 5.84. The molecule has 0 aromatic rings. The molecule has 0 bridgehead atoms. The summed E-state index contributed by atoms with van der Waals surface area (Å²) in [5.41, 5.74) is 0. The van der Waals surface area contributed by atoms with Crippen LogP contribution in [0.3, 0.4) is 0 Å². The average molecular weight is 281 g/mol. The predicted octanol–water partition coefficient (Wildman–Crippen LogP) is 3.05. The van der Waals surface area contributed by atoms with Crippen LogP contribution in [-0.2, 0) is 9.53 Å². The van der Waals surface area contributed by atoms with Crippen molar-refractivity contribution in [2.75, 3.05) is 0 Å². The van der Waals surface area contributed by atoms with Crippen molar-refractivity contribution in [3.8, 4) is 0 Å². The largest absolute Gasteiger partial charge is 0.447 e. The van der Waals surface area contributed by atoms with Crippen molar-refractivity contribution in [3.05, 3.63) is 0 Å². The fraction of sp³-hybridized carbons (Fsp3) is 0.750. The first-order chi connectivity index (χ1) is 5.90. The van der Waals surface area contributed by atoms with E-state index in [9.17, 15) is 26.7 Å². The zero-order valence-corrected chi connectivity index (χ0v) is 8.11. The Morgan fingerprint density at radius 1 is 1.07 bits per heavy atom. The zero-order chi connectivity index (χ0) is 11.8. The Morgan fingerprint density at radius 3 is 1.64 bits per heavy atom. The lowest BCUT2D eigenvalue weighted by Gasteiger charge is -2.25. The first kappa shape index (κ1) is 14.2. The van der Waals surface area contributed by atoms with Gasteiger partial charge in [-0.25, -0.2) is 0 Å². The fourth-order valence-electron chi connectivity index (χ4n) is 0.259. The molecule has 14 heavy (non-hydrogen) atoms. The Labute approximate surface area is 88.8 Å². The van der Waals surface area contributed by atoms with Gasteiger partial charge >= 0.3 is 22.0 Å². The van der Waals surface area contributed by atoms with Crippen LogP contribution < -0.4 is 0 Å². The molecule has 0 aromatic heterocycles. The molecule has 0 atom stereocenters. The van der Waals surface area contributed by atoms with Crippen LogP contribution in [0.1, 0.15) is 0 Å². The van der Waals surface area contributed by atoms with Crippen molar-refractivity contribution in [1.29, 1.82) is 0 Å². The number of halogens is 8. The number of alkyl halides is 7. The van der Waals surface area contributed by atoms with Gasteiger partial charge in [0.2, 0.25) is 0 Å². The minimum atomic E-state index is -5.49. The Balaban J connectivity index is 4.76. The number of rotatable bonds is 3. The lowest BCUT2D eigenvalue weighted by Crippen LogP contribution is -2.45. The van der Waals surface area contributed by atoms with Gasteiger partial charge in [-0.3, -0.25) is 9.53 Å². The molecule has 0 aliphatic rings. The first-order valence-corrected chi connectivity index (χ1v) is 3.76. The van der Waals surface area contributed by atoms with E-state index in [4.69, 9.17) is 0 Å². The normalized spacial score (nSPS) is 14.3. The third-order valence-electron chi connectivity index (χ3n) is 0.815. The molecule has 0 unspecified atom stereocenters. The average Bonchev–Trinajstić information content (AvgIpc) is 1.80. The summed E-state index contributed by atoms with van der Waals surface area (Å²) in [6.45, 7) is 0. The first-order valence-electron chi connectivity index (χ1n) is 2.62. The number of carbonyl (C=O) groups excluding carboxylic acids is 1. The van der Waals surface area contributed by atoms with Crippen molar-refractivity contribution < 1.29 is 31.5 Å². The molecule has 0 amide bonds. The predicted molar refractivity (Wildman–Crippen MR) is 37.4 cm³/mol. The number of hydrogen-bond acceptors (Lipinski definition) is 2. The minimum absolute atomic E-state index is 2.47. The summed E-state index contributed by atoms with van der Waals surface area (Å²) in [6, 6.07) is 0. The minimum Gasteiger partial charge on any atom is -0.271 e. The van der Waals surface area contributed by atoms with Crippen molar-refractivity contribution >= 4 is 40.0 Å². The fourth-order valence-corrected chi connectivity index (χ4v) is 0.491. The quantitative estimate of drug-likeness (QED) is 0.451. The molecule has 84 valence electrons. The van der Waals surface area contributed by atoms with Crippen LogP contribution >= 0.6 is 34.8 Å². The topological polar surface area (TPSA) is 26.3 Å². The number of ether oxygens (including phenoxy) is 1. The second-order valence-electron chi connectivity index (χ2n) is 1.91. The van der Waals surface area contributed by atoms with E-state index in [0.717, 1.165) is 0 Å². The molecule has 0 aliphatic carbocycles. The third kappa shape index (κ3) is 3.38. The molecule has 0 fully saturated rings. The molecule has 0 aromatic carbocycles. The monoisotopic (exact) mass is 280 g/mol. The van der Waals surface area contributed by atoms with Gasteiger partial charge in [0.05, 0.1) is 0 Å². The summed E-state index contributed by atoms with van der Waals surface area (Å²) >= 11 is 13.0. The summed E-state index contributed by atoms with van der Waals surface area (Å²) in [7, 11) is 0. The molecular weight excluding hydrogens is 281 g/mol. The lowest BCUT2D eigenvalue weighted by molar-refractivity contribution is -0.298. The van der Waals surface area contributed by atoms with Crippen molar-refractivity contribution in [3.63, 3.8) is 0 Å². The summed E-state index contributed by atoms with van der Waals surface area (Å²) in [6.07, 6.45) is -10.4. The molecule has 0 saturated heterocycles. The molecule has 2 nitrogen and oxygen atoms in total. The van der Waals surface area contributed by atoms with E-state index in [-0.39, 0.29) is 0 Å². The second-order valence-corrected chi connectivity index (χ2v) is 3.51. The molecule has 0 radical (unpaired) electrons. The maximum absolute atomic E-state index is 12.2. The van der Waals surface area contributed by atoms with E-state index < -0.39 is 22.0 Å². The second kappa shape index (κ2) is 3.96. The summed E-state index contributed by atoms with van der Waals surface area (Å²) in [5.74, 6) is 0. The van der Waals surface area contributed by atoms with Crippen LogP contribution in [0.5, 0.6) is 0 Å². The van der Waals surface area contributed by atoms with Gasteiger partial charge in [-0.1, -0.05) is 23.2 Å². The molecular formula is C4Cl3F5O2. The van der Waals surface area contributed by atoms with E-state index >= 15 is 0 Å². The number of hydrogen-bond donors (Lipinski definition) is 0. The van der Waals surface area contributed by atoms with Gasteiger partial charge in [0.25, 0.3) is 0 Å². The summed E-state index contributed by atoms with van der Waals surface area (Å²) in [4.78, 5) is 9.88. The van der Waals surface area contributed by atoms with E-state index in [1.807, 2.05) is 0 Å². The highest BCUT2D eigenvalue weighted by atomic mass is 35.5.